The van der Waals surface area contributed by atoms with Crippen molar-refractivity contribution in [2.45, 2.75) is 70.2 Å². The van der Waals surface area contributed by atoms with E-state index in [1.165, 1.54) is 0 Å². The molecular weight excluding hydrogens is 350 g/mol. The number of aryl methyl sites for hydroxylation is 2. The van der Waals surface area contributed by atoms with Crippen LogP contribution in [0.1, 0.15) is 54.4 Å². The van der Waals surface area contributed by atoms with Crippen molar-refractivity contribution in [1.29, 1.82) is 0 Å². The largest absolute Gasteiger partial charge is 0.445 e. The lowest BCUT2D eigenvalue weighted by molar-refractivity contribution is -0.0899. The van der Waals surface area contributed by atoms with Gasteiger partial charge in [-0.25, -0.2) is 4.79 Å². The Morgan fingerprint density at radius 2 is 1.79 bits per heavy atom. The average molecular weight is 380 g/mol. The van der Waals surface area contributed by atoms with Crippen molar-refractivity contribution in [1.82, 2.24) is 4.90 Å². The third kappa shape index (κ3) is 3.66. The highest BCUT2D eigenvalue weighted by Crippen LogP contribution is 2.45. The molecule has 1 amide bonds. The monoisotopic (exact) mass is 379 g/mol. The third-order valence-corrected chi connectivity index (χ3v) is 6.32. The molecule has 148 valence electrons. The van der Waals surface area contributed by atoms with E-state index in [0.717, 1.165) is 41.5 Å². The predicted octanol–water partition coefficient (Wildman–Crippen LogP) is 4.84. The summed E-state index contributed by atoms with van der Waals surface area (Å²) in [6.45, 7) is 4.41. The van der Waals surface area contributed by atoms with Gasteiger partial charge in [0.15, 0.2) is 0 Å². The molecule has 28 heavy (non-hydrogen) atoms. The molecule has 4 rings (SSSR count). The van der Waals surface area contributed by atoms with E-state index in [2.05, 4.69) is 32.0 Å². The van der Waals surface area contributed by atoms with Gasteiger partial charge in [0, 0.05) is 24.9 Å². The second kappa shape index (κ2) is 7.59. The van der Waals surface area contributed by atoms with Crippen molar-refractivity contribution >= 4 is 6.09 Å². The van der Waals surface area contributed by atoms with Crippen LogP contribution in [0.25, 0.3) is 0 Å². The Bertz CT molecular complexity index is 834. The van der Waals surface area contributed by atoms with Crippen molar-refractivity contribution in [2.75, 3.05) is 0 Å². The number of aliphatic hydroxyl groups is 1. The van der Waals surface area contributed by atoms with Crippen molar-refractivity contribution in [3.05, 3.63) is 70.8 Å². The highest BCUT2D eigenvalue weighted by Gasteiger charge is 2.49. The number of benzene rings is 2. The molecule has 2 saturated heterocycles. The fourth-order valence-corrected chi connectivity index (χ4v) is 4.98. The molecule has 2 aliphatic rings. The van der Waals surface area contributed by atoms with Crippen molar-refractivity contribution in [3.63, 3.8) is 0 Å². The summed E-state index contributed by atoms with van der Waals surface area (Å²) >= 11 is 0. The topological polar surface area (TPSA) is 49.8 Å². The average Bonchev–Trinajstić information content (AvgIpc) is 2.68. The minimum absolute atomic E-state index is 0.0284. The summed E-state index contributed by atoms with van der Waals surface area (Å²) in [6.07, 6.45) is 3.85. The molecule has 2 bridgehead atoms. The minimum atomic E-state index is -0.873. The van der Waals surface area contributed by atoms with Crippen LogP contribution in [0.2, 0.25) is 0 Å². The molecule has 4 heteroatoms. The maximum Gasteiger partial charge on any atom is 0.410 e. The van der Waals surface area contributed by atoms with Crippen LogP contribution in [0.4, 0.5) is 4.79 Å². The van der Waals surface area contributed by atoms with Gasteiger partial charge in [0.05, 0.1) is 5.60 Å². The molecule has 2 aliphatic heterocycles. The first-order valence-corrected chi connectivity index (χ1v) is 10.3. The second-order valence-corrected chi connectivity index (χ2v) is 8.44. The summed E-state index contributed by atoms with van der Waals surface area (Å²) < 4.78 is 5.63. The first kappa shape index (κ1) is 19.0. The van der Waals surface area contributed by atoms with E-state index >= 15 is 0 Å². The predicted molar refractivity (Wildman–Crippen MR) is 109 cm³/mol. The third-order valence-electron chi connectivity index (χ3n) is 6.32. The smallest absolute Gasteiger partial charge is 0.410 e. The molecule has 4 nitrogen and oxygen atoms in total. The van der Waals surface area contributed by atoms with Gasteiger partial charge < -0.3 is 14.7 Å². The number of carbonyl (C=O) groups excluding carboxylic acids is 1. The highest BCUT2D eigenvalue weighted by molar-refractivity contribution is 5.69. The molecule has 2 heterocycles. The number of ether oxygens (including phenoxy) is 1. The Kier molecular flexibility index (Phi) is 5.15. The van der Waals surface area contributed by atoms with E-state index in [1.54, 1.807) is 0 Å². The number of amides is 1. The normalized spacial score (nSPS) is 26.8. The van der Waals surface area contributed by atoms with E-state index in [-0.39, 0.29) is 24.8 Å². The Morgan fingerprint density at radius 3 is 2.46 bits per heavy atom. The Morgan fingerprint density at radius 1 is 1.11 bits per heavy atom. The number of hydrogen-bond donors (Lipinski definition) is 1. The van der Waals surface area contributed by atoms with E-state index < -0.39 is 5.60 Å². The molecule has 1 N–H and O–H groups in total. The van der Waals surface area contributed by atoms with Crippen LogP contribution in [0.3, 0.4) is 0 Å². The lowest BCUT2D eigenvalue weighted by Crippen LogP contribution is -2.59. The van der Waals surface area contributed by atoms with Crippen LogP contribution in [-0.4, -0.2) is 28.2 Å². The van der Waals surface area contributed by atoms with Crippen LogP contribution >= 0.6 is 0 Å². The van der Waals surface area contributed by atoms with Crippen LogP contribution in [0.5, 0.6) is 0 Å². The van der Waals surface area contributed by atoms with Gasteiger partial charge in [0.2, 0.25) is 0 Å². The summed E-state index contributed by atoms with van der Waals surface area (Å²) in [4.78, 5) is 14.8. The van der Waals surface area contributed by atoms with Crippen LogP contribution < -0.4 is 0 Å². The van der Waals surface area contributed by atoms with Gasteiger partial charge >= 0.3 is 6.09 Å². The van der Waals surface area contributed by atoms with E-state index in [9.17, 15) is 9.90 Å². The molecule has 2 aromatic rings. The quantitative estimate of drug-likeness (QED) is 0.830. The molecular formula is C24H29NO3. The standard InChI is InChI=1S/C24H29NO3/c1-17-11-12-18(2)22(13-17)24(27)14-20-9-6-10-21(15-24)25(20)23(26)28-16-19-7-4-3-5-8-19/h3-5,7-8,11-13,20-21,27H,6,9-10,14-16H2,1-2H3. The van der Waals surface area contributed by atoms with Crippen molar-refractivity contribution in [3.8, 4) is 0 Å². The second-order valence-electron chi connectivity index (χ2n) is 8.44. The van der Waals surface area contributed by atoms with Gasteiger partial charge in [-0.05, 0) is 49.8 Å². The number of carbonyl (C=O) groups is 1. The number of hydrogen-bond acceptors (Lipinski definition) is 3. The molecule has 2 unspecified atom stereocenters. The summed E-state index contributed by atoms with van der Waals surface area (Å²) in [6, 6.07) is 16.1. The molecule has 2 atom stereocenters. The Hall–Kier alpha value is -2.33. The Balaban J connectivity index is 1.52. The summed E-state index contributed by atoms with van der Waals surface area (Å²) in [5.41, 5.74) is 3.41. The molecule has 0 spiro atoms. The number of fused-ring (bicyclic) bond motifs is 2. The van der Waals surface area contributed by atoms with Crippen molar-refractivity contribution < 1.29 is 14.6 Å². The van der Waals surface area contributed by atoms with Gasteiger partial charge in [-0.15, -0.1) is 0 Å². The van der Waals surface area contributed by atoms with Gasteiger partial charge in [-0.2, -0.15) is 0 Å². The van der Waals surface area contributed by atoms with Gasteiger partial charge in [0.1, 0.15) is 6.61 Å². The summed E-state index contributed by atoms with van der Waals surface area (Å²) in [7, 11) is 0. The lowest BCUT2D eigenvalue weighted by Gasteiger charge is -2.51. The first-order chi connectivity index (χ1) is 13.5. The maximum atomic E-state index is 12.9. The first-order valence-electron chi connectivity index (χ1n) is 10.3. The van der Waals surface area contributed by atoms with Crippen LogP contribution in [0, 0.1) is 13.8 Å². The zero-order valence-corrected chi connectivity index (χ0v) is 16.7. The zero-order chi connectivity index (χ0) is 19.7. The van der Waals surface area contributed by atoms with E-state index in [4.69, 9.17) is 4.74 Å². The number of piperidine rings is 2. The molecule has 0 saturated carbocycles. The van der Waals surface area contributed by atoms with Gasteiger partial charge in [-0.3, -0.25) is 0 Å². The van der Waals surface area contributed by atoms with Crippen LogP contribution in [0.15, 0.2) is 48.5 Å². The molecule has 2 aromatic carbocycles. The summed E-state index contributed by atoms with van der Waals surface area (Å²) in [5, 5.41) is 11.6. The molecule has 2 fully saturated rings. The molecule has 0 aliphatic carbocycles. The van der Waals surface area contributed by atoms with Crippen molar-refractivity contribution in [2.24, 2.45) is 0 Å². The highest BCUT2D eigenvalue weighted by atomic mass is 16.6. The number of nitrogens with zero attached hydrogens (tertiary/aromatic N) is 1. The SMILES string of the molecule is Cc1ccc(C)c(C2(O)CC3CCCC(C2)N3C(=O)OCc2ccccc2)c1. The van der Waals surface area contributed by atoms with E-state index in [1.807, 2.05) is 35.2 Å². The summed E-state index contributed by atoms with van der Waals surface area (Å²) in [5.74, 6) is 0. The van der Waals surface area contributed by atoms with Gasteiger partial charge in [0.25, 0.3) is 0 Å². The van der Waals surface area contributed by atoms with Crippen LogP contribution in [-0.2, 0) is 16.9 Å². The molecule has 0 radical (unpaired) electrons. The molecule has 0 aromatic heterocycles. The fourth-order valence-electron chi connectivity index (χ4n) is 4.98. The van der Waals surface area contributed by atoms with E-state index in [0.29, 0.717) is 12.8 Å². The van der Waals surface area contributed by atoms with Gasteiger partial charge in [-0.1, -0.05) is 54.1 Å². The Labute approximate surface area is 167 Å². The fraction of sp³-hybridized carbons (Fsp3) is 0.458. The minimum Gasteiger partial charge on any atom is -0.445 e. The lowest BCUT2D eigenvalue weighted by atomic mass is 9.71. The number of rotatable bonds is 3. The zero-order valence-electron chi connectivity index (χ0n) is 16.7. The maximum absolute atomic E-state index is 12.9.